The molecule has 1 saturated heterocycles. The van der Waals surface area contributed by atoms with Crippen molar-refractivity contribution in [3.05, 3.63) is 135 Å². The van der Waals surface area contributed by atoms with Crippen LogP contribution >= 0.6 is 0 Å². The predicted octanol–water partition coefficient (Wildman–Crippen LogP) is 4.54. The van der Waals surface area contributed by atoms with E-state index in [9.17, 15) is 23.2 Å². The number of H-pyrrole nitrogens is 1. The fourth-order valence-electron chi connectivity index (χ4n) is 6.02. The van der Waals surface area contributed by atoms with Gasteiger partial charge >= 0.3 is 0 Å². The SMILES string of the molecule is O=C(NCc1ccc(F)cc1F)c1cn2c(c(OCc3ccccc3)c1=O)C(=O)N1[C@H](Cc3c[nH]c4ccccc34)CO[C@H]1C2. The van der Waals surface area contributed by atoms with E-state index in [1.54, 1.807) is 4.90 Å². The number of rotatable bonds is 8. The van der Waals surface area contributed by atoms with Gasteiger partial charge in [-0.2, -0.15) is 0 Å². The average molecular weight is 611 g/mol. The van der Waals surface area contributed by atoms with Gasteiger partial charge < -0.3 is 29.2 Å². The second kappa shape index (κ2) is 11.7. The molecule has 5 aromatic rings. The number of hydrogen-bond acceptors (Lipinski definition) is 5. The monoisotopic (exact) mass is 610 g/mol. The van der Waals surface area contributed by atoms with Crippen molar-refractivity contribution in [2.45, 2.75) is 38.4 Å². The summed E-state index contributed by atoms with van der Waals surface area (Å²) in [7, 11) is 0. The van der Waals surface area contributed by atoms with E-state index in [1.807, 2.05) is 60.8 Å². The molecule has 7 rings (SSSR count). The summed E-state index contributed by atoms with van der Waals surface area (Å²) in [6.45, 7) is 0.174. The van der Waals surface area contributed by atoms with Crippen molar-refractivity contribution >= 4 is 22.7 Å². The maximum Gasteiger partial charge on any atom is 0.276 e. The molecule has 0 aliphatic carbocycles. The van der Waals surface area contributed by atoms with Crippen molar-refractivity contribution in [2.24, 2.45) is 0 Å². The van der Waals surface area contributed by atoms with Gasteiger partial charge in [-0.1, -0.05) is 54.6 Å². The van der Waals surface area contributed by atoms with E-state index in [1.165, 1.54) is 16.8 Å². The van der Waals surface area contributed by atoms with E-state index in [0.717, 1.165) is 34.2 Å². The van der Waals surface area contributed by atoms with Gasteiger partial charge in [-0.15, -0.1) is 0 Å². The number of carbonyl (C=O) groups excluding carboxylic acids is 2. The number of nitrogens with zero attached hydrogens (tertiary/aromatic N) is 2. The lowest BCUT2D eigenvalue weighted by Gasteiger charge is -2.35. The van der Waals surface area contributed by atoms with Crippen LogP contribution in [0.4, 0.5) is 8.78 Å². The number of hydrogen-bond donors (Lipinski definition) is 2. The first-order valence-corrected chi connectivity index (χ1v) is 14.5. The van der Waals surface area contributed by atoms with Crippen LogP contribution in [0.15, 0.2) is 90.0 Å². The lowest BCUT2D eigenvalue weighted by molar-refractivity contribution is 0.00554. The molecule has 0 saturated carbocycles. The van der Waals surface area contributed by atoms with Crippen molar-refractivity contribution in [2.75, 3.05) is 6.61 Å². The summed E-state index contributed by atoms with van der Waals surface area (Å²) in [5.74, 6) is -3.04. The predicted molar refractivity (Wildman–Crippen MR) is 161 cm³/mol. The summed E-state index contributed by atoms with van der Waals surface area (Å²) >= 11 is 0. The number of carbonyl (C=O) groups is 2. The number of ether oxygens (including phenoxy) is 2. The maximum absolute atomic E-state index is 14.2. The van der Waals surface area contributed by atoms with E-state index in [0.29, 0.717) is 13.0 Å². The van der Waals surface area contributed by atoms with E-state index in [2.05, 4.69) is 10.3 Å². The zero-order valence-corrected chi connectivity index (χ0v) is 24.0. The number of aromatic amines is 1. The first kappa shape index (κ1) is 28.5. The van der Waals surface area contributed by atoms with Crippen molar-refractivity contribution in [1.82, 2.24) is 19.8 Å². The molecule has 45 heavy (non-hydrogen) atoms. The van der Waals surface area contributed by atoms with Gasteiger partial charge in [0, 0.05) is 41.5 Å². The average Bonchev–Trinajstić information content (AvgIpc) is 3.65. The molecule has 2 aliphatic heterocycles. The smallest absolute Gasteiger partial charge is 0.276 e. The minimum Gasteiger partial charge on any atom is -0.483 e. The van der Waals surface area contributed by atoms with Gasteiger partial charge in [0.1, 0.15) is 23.8 Å². The number of aromatic nitrogens is 2. The minimum atomic E-state index is -0.824. The molecule has 4 heterocycles. The number of para-hydroxylation sites is 1. The second-order valence-corrected chi connectivity index (χ2v) is 11.1. The van der Waals surface area contributed by atoms with Crippen LogP contribution < -0.4 is 15.5 Å². The first-order chi connectivity index (χ1) is 21.9. The highest BCUT2D eigenvalue weighted by Gasteiger charge is 2.45. The summed E-state index contributed by atoms with van der Waals surface area (Å²) in [4.78, 5) is 46.2. The molecule has 0 spiro atoms. The van der Waals surface area contributed by atoms with Crippen LogP contribution in [0.1, 0.15) is 37.5 Å². The summed E-state index contributed by atoms with van der Waals surface area (Å²) in [6, 6.07) is 19.8. The summed E-state index contributed by atoms with van der Waals surface area (Å²) in [5, 5.41) is 3.59. The topological polar surface area (TPSA) is 106 Å². The van der Waals surface area contributed by atoms with Gasteiger partial charge in [-0.05, 0) is 29.7 Å². The molecule has 0 radical (unpaired) electrons. The molecule has 2 amide bonds. The Balaban J connectivity index is 1.21. The zero-order chi connectivity index (χ0) is 31.1. The number of fused-ring (bicyclic) bond motifs is 3. The minimum absolute atomic E-state index is 0.0130. The molecule has 1 fully saturated rings. The van der Waals surface area contributed by atoms with Crippen molar-refractivity contribution < 1.29 is 27.8 Å². The molecular weight excluding hydrogens is 582 g/mol. The molecule has 3 aromatic carbocycles. The Morgan fingerprint density at radius 3 is 2.64 bits per heavy atom. The highest BCUT2D eigenvalue weighted by molar-refractivity contribution is 5.99. The largest absolute Gasteiger partial charge is 0.483 e. The molecule has 2 N–H and O–H groups in total. The Kier molecular flexibility index (Phi) is 7.38. The molecule has 0 bridgehead atoms. The third-order valence-electron chi connectivity index (χ3n) is 8.27. The molecule has 0 unspecified atom stereocenters. The Morgan fingerprint density at radius 1 is 1.02 bits per heavy atom. The zero-order valence-electron chi connectivity index (χ0n) is 24.0. The second-order valence-electron chi connectivity index (χ2n) is 11.1. The molecular formula is C34H28F2N4O5. The van der Waals surface area contributed by atoms with E-state index in [-0.39, 0.29) is 48.3 Å². The number of benzene rings is 3. The van der Waals surface area contributed by atoms with Gasteiger partial charge in [0.25, 0.3) is 11.8 Å². The number of pyridine rings is 1. The Labute approximate surface area is 256 Å². The molecule has 11 heteroatoms. The van der Waals surface area contributed by atoms with E-state index < -0.39 is 35.1 Å². The Morgan fingerprint density at radius 2 is 1.82 bits per heavy atom. The molecule has 9 nitrogen and oxygen atoms in total. The van der Waals surface area contributed by atoms with Gasteiger partial charge in [0.05, 0.1) is 19.2 Å². The van der Waals surface area contributed by atoms with Gasteiger partial charge in [0.2, 0.25) is 5.43 Å². The number of amides is 2. The van der Waals surface area contributed by atoms with Crippen LogP contribution in [-0.2, 0) is 30.9 Å². The quantitative estimate of drug-likeness (QED) is 0.269. The van der Waals surface area contributed by atoms with Crippen LogP contribution in [-0.4, -0.2) is 45.1 Å². The molecule has 2 atom stereocenters. The normalized spacial score (nSPS) is 17.3. The fourth-order valence-corrected chi connectivity index (χ4v) is 6.02. The standard InChI is InChI=1S/C34H28F2N4O5/c35-23-11-10-21(27(36)13-23)14-38-33(42)26-16-39-17-29-40(24(19-44-29)12-22-15-37-28-9-5-4-8-25(22)28)34(43)30(39)32(31(26)41)45-18-20-6-2-1-3-7-20/h1-11,13,15-16,24,29,37H,12,14,17-19H2,(H,38,42)/t24-,29+/m1/s1. The van der Waals surface area contributed by atoms with E-state index in [4.69, 9.17) is 9.47 Å². The first-order valence-electron chi connectivity index (χ1n) is 14.5. The third-order valence-corrected chi connectivity index (χ3v) is 8.27. The lowest BCUT2D eigenvalue weighted by atomic mass is 10.0. The van der Waals surface area contributed by atoms with Crippen molar-refractivity contribution in [3.8, 4) is 5.75 Å². The van der Waals surface area contributed by atoms with Crippen molar-refractivity contribution in [3.63, 3.8) is 0 Å². The highest BCUT2D eigenvalue weighted by atomic mass is 19.1. The van der Waals surface area contributed by atoms with E-state index >= 15 is 0 Å². The van der Waals surface area contributed by atoms with Gasteiger partial charge in [-0.3, -0.25) is 14.4 Å². The molecule has 228 valence electrons. The summed E-state index contributed by atoms with van der Waals surface area (Å²) in [6.07, 6.45) is 3.17. The maximum atomic E-state index is 14.2. The van der Waals surface area contributed by atoms with Crippen LogP contribution in [0, 0.1) is 11.6 Å². The fraction of sp³-hybridized carbons (Fsp3) is 0.206. The number of nitrogens with one attached hydrogen (secondary N) is 2. The third kappa shape index (κ3) is 5.35. The van der Waals surface area contributed by atoms with Gasteiger partial charge in [0.15, 0.2) is 17.7 Å². The van der Waals surface area contributed by atoms with Crippen LogP contribution in [0.5, 0.6) is 5.75 Å². The molecule has 2 aliphatic rings. The highest BCUT2D eigenvalue weighted by Crippen LogP contribution is 2.33. The Bertz CT molecular complexity index is 1990. The van der Waals surface area contributed by atoms with Crippen LogP contribution in [0.25, 0.3) is 10.9 Å². The summed E-state index contributed by atoms with van der Waals surface area (Å²) in [5.41, 5.74) is 1.83. The molecule has 2 aromatic heterocycles. The number of halogens is 2. The van der Waals surface area contributed by atoms with Gasteiger partial charge in [-0.25, -0.2) is 8.78 Å². The van der Waals surface area contributed by atoms with Crippen LogP contribution in [0.3, 0.4) is 0 Å². The summed E-state index contributed by atoms with van der Waals surface area (Å²) < 4.78 is 41.1. The van der Waals surface area contributed by atoms with Crippen molar-refractivity contribution in [1.29, 1.82) is 0 Å². The lowest BCUT2D eigenvalue weighted by Crippen LogP contribution is -2.50. The Hall–Kier alpha value is -5.29. The van der Waals surface area contributed by atoms with Crippen LogP contribution in [0.2, 0.25) is 0 Å².